The first-order valence-electron chi connectivity index (χ1n) is 9.61. The summed E-state index contributed by atoms with van der Waals surface area (Å²) in [7, 11) is 1.32. The molecule has 5 nitrogen and oxygen atoms in total. The molecule has 0 bridgehead atoms. The van der Waals surface area contributed by atoms with Crippen molar-refractivity contribution in [1.29, 1.82) is 0 Å². The molecule has 0 aromatic heterocycles. The van der Waals surface area contributed by atoms with Crippen LogP contribution < -0.4 is 10.1 Å². The number of unbranched alkanes of at least 4 members (excludes halogenated alkanes) is 5. The van der Waals surface area contributed by atoms with Crippen molar-refractivity contribution in [2.45, 2.75) is 65.3 Å². The number of amides is 1. The van der Waals surface area contributed by atoms with Gasteiger partial charge in [-0.05, 0) is 36.6 Å². The fourth-order valence-corrected chi connectivity index (χ4v) is 2.62. The zero-order valence-electron chi connectivity index (χ0n) is 16.5. The van der Waals surface area contributed by atoms with Gasteiger partial charge in [-0.2, -0.15) is 0 Å². The molecule has 1 amide bonds. The Labute approximate surface area is 157 Å². The zero-order valence-corrected chi connectivity index (χ0v) is 16.5. The Hall–Kier alpha value is -2.04. The van der Waals surface area contributed by atoms with Crippen molar-refractivity contribution < 1.29 is 19.1 Å². The highest BCUT2D eigenvalue weighted by atomic mass is 16.5. The molecule has 0 aliphatic carbocycles. The summed E-state index contributed by atoms with van der Waals surface area (Å²) in [4.78, 5) is 24.1. The number of ether oxygens (including phenoxy) is 2. The lowest BCUT2D eigenvalue weighted by Crippen LogP contribution is -2.45. The maximum atomic E-state index is 12.3. The van der Waals surface area contributed by atoms with Gasteiger partial charge in [0.05, 0.1) is 13.7 Å². The largest absolute Gasteiger partial charge is 0.494 e. The van der Waals surface area contributed by atoms with Gasteiger partial charge in [0, 0.05) is 5.56 Å². The van der Waals surface area contributed by atoms with Crippen molar-refractivity contribution in [3.63, 3.8) is 0 Å². The molecular weight excluding hydrogens is 330 g/mol. The van der Waals surface area contributed by atoms with Gasteiger partial charge in [-0.15, -0.1) is 0 Å². The highest BCUT2D eigenvalue weighted by Crippen LogP contribution is 2.14. The van der Waals surface area contributed by atoms with Gasteiger partial charge in [0.25, 0.3) is 5.91 Å². The summed E-state index contributed by atoms with van der Waals surface area (Å²) in [5, 5.41) is 2.73. The van der Waals surface area contributed by atoms with Crippen LogP contribution in [0.25, 0.3) is 0 Å². The van der Waals surface area contributed by atoms with E-state index in [2.05, 4.69) is 12.2 Å². The van der Waals surface area contributed by atoms with Gasteiger partial charge in [-0.1, -0.05) is 52.9 Å². The molecule has 5 heteroatoms. The van der Waals surface area contributed by atoms with Crippen LogP contribution in [-0.2, 0) is 9.53 Å². The summed E-state index contributed by atoms with van der Waals surface area (Å²) in [6.45, 7) is 6.63. The smallest absolute Gasteiger partial charge is 0.328 e. The van der Waals surface area contributed by atoms with E-state index < -0.39 is 12.0 Å². The molecule has 0 heterocycles. The van der Waals surface area contributed by atoms with E-state index in [9.17, 15) is 9.59 Å². The van der Waals surface area contributed by atoms with Crippen molar-refractivity contribution in [3.05, 3.63) is 29.8 Å². The third-order valence-electron chi connectivity index (χ3n) is 4.29. The van der Waals surface area contributed by atoms with Crippen molar-refractivity contribution in [2.24, 2.45) is 5.92 Å². The van der Waals surface area contributed by atoms with Crippen LogP contribution in [0.15, 0.2) is 24.3 Å². The zero-order chi connectivity index (χ0) is 19.4. The van der Waals surface area contributed by atoms with Crippen molar-refractivity contribution in [1.82, 2.24) is 5.32 Å². The molecule has 1 unspecified atom stereocenters. The number of esters is 1. The van der Waals surface area contributed by atoms with Gasteiger partial charge in [0.1, 0.15) is 11.8 Å². The second-order valence-electron chi connectivity index (χ2n) is 6.86. The Balaban J connectivity index is 2.43. The quantitative estimate of drug-likeness (QED) is 0.443. The number of hydrogen-bond acceptors (Lipinski definition) is 4. The highest BCUT2D eigenvalue weighted by molar-refractivity contribution is 5.96. The Kier molecular flexibility index (Phi) is 10.4. The minimum Gasteiger partial charge on any atom is -0.494 e. The van der Waals surface area contributed by atoms with E-state index in [-0.39, 0.29) is 11.8 Å². The number of nitrogens with one attached hydrogen (secondary N) is 1. The maximum Gasteiger partial charge on any atom is 0.328 e. The molecule has 0 saturated carbocycles. The second kappa shape index (κ2) is 12.3. The standard InChI is InChI=1S/C21H33NO4/c1-5-6-7-8-9-10-15-26-18-13-11-17(12-14-18)20(23)22-19(16(2)3)21(24)25-4/h11-14,16,19H,5-10,15H2,1-4H3,(H,22,23). The molecule has 26 heavy (non-hydrogen) atoms. The molecule has 1 aromatic rings. The molecule has 0 aliphatic heterocycles. The number of carbonyl (C=O) groups excluding carboxylic acids is 2. The molecule has 1 atom stereocenters. The number of carbonyl (C=O) groups is 2. The summed E-state index contributed by atoms with van der Waals surface area (Å²) in [6.07, 6.45) is 7.34. The highest BCUT2D eigenvalue weighted by Gasteiger charge is 2.25. The summed E-state index contributed by atoms with van der Waals surface area (Å²) in [5.74, 6) is -0.0290. The fourth-order valence-electron chi connectivity index (χ4n) is 2.62. The molecule has 1 aromatic carbocycles. The van der Waals surface area contributed by atoms with Gasteiger partial charge in [-0.3, -0.25) is 4.79 Å². The second-order valence-corrected chi connectivity index (χ2v) is 6.86. The van der Waals surface area contributed by atoms with Gasteiger partial charge in [-0.25, -0.2) is 4.79 Å². The van der Waals surface area contributed by atoms with E-state index in [0.717, 1.165) is 12.2 Å². The van der Waals surface area contributed by atoms with Crippen LogP contribution in [0, 0.1) is 5.92 Å². The van der Waals surface area contributed by atoms with E-state index in [1.54, 1.807) is 24.3 Å². The summed E-state index contributed by atoms with van der Waals surface area (Å²) >= 11 is 0. The normalized spacial score (nSPS) is 11.9. The number of rotatable bonds is 12. The third kappa shape index (κ3) is 7.89. The van der Waals surface area contributed by atoms with Crippen molar-refractivity contribution in [2.75, 3.05) is 13.7 Å². The molecule has 0 aliphatic rings. The molecular formula is C21H33NO4. The van der Waals surface area contributed by atoms with Gasteiger partial charge in [0.15, 0.2) is 0 Å². The Morgan fingerprint density at radius 1 is 1.00 bits per heavy atom. The maximum absolute atomic E-state index is 12.3. The van der Waals surface area contributed by atoms with Crippen LogP contribution in [-0.4, -0.2) is 31.6 Å². The predicted molar refractivity (Wildman–Crippen MR) is 103 cm³/mol. The van der Waals surface area contributed by atoms with Gasteiger partial charge < -0.3 is 14.8 Å². The molecule has 0 saturated heterocycles. The molecule has 146 valence electrons. The molecule has 0 spiro atoms. The van der Waals surface area contributed by atoms with Crippen LogP contribution in [0.2, 0.25) is 0 Å². The van der Waals surface area contributed by atoms with Gasteiger partial charge >= 0.3 is 5.97 Å². The van der Waals surface area contributed by atoms with Crippen LogP contribution in [0.5, 0.6) is 5.75 Å². The van der Waals surface area contributed by atoms with Gasteiger partial charge in [0.2, 0.25) is 0 Å². The fraction of sp³-hybridized carbons (Fsp3) is 0.619. The Morgan fingerprint density at radius 2 is 1.62 bits per heavy atom. The van der Waals surface area contributed by atoms with Crippen molar-refractivity contribution >= 4 is 11.9 Å². The van der Waals surface area contributed by atoms with E-state index in [1.165, 1.54) is 39.2 Å². The van der Waals surface area contributed by atoms with Crippen molar-refractivity contribution in [3.8, 4) is 5.75 Å². The average Bonchev–Trinajstić information content (AvgIpc) is 2.64. The third-order valence-corrected chi connectivity index (χ3v) is 4.29. The average molecular weight is 363 g/mol. The van der Waals surface area contributed by atoms with Crippen LogP contribution >= 0.6 is 0 Å². The monoisotopic (exact) mass is 363 g/mol. The first-order chi connectivity index (χ1) is 12.5. The molecule has 1 rings (SSSR count). The van der Waals surface area contributed by atoms with Crippen LogP contribution in [0.1, 0.15) is 69.7 Å². The lowest BCUT2D eigenvalue weighted by atomic mass is 10.0. The molecule has 0 fully saturated rings. The molecule has 1 N–H and O–H groups in total. The van der Waals surface area contributed by atoms with E-state index in [4.69, 9.17) is 9.47 Å². The van der Waals surface area contributed by atoms with E-state index >= 15 is 0 Å². The van der Waals surface area contributed by atoms with E-state index in [0.29, 0.717) is 12.2 Å². The number of methoxy groups -OCH3 is 1. The van der Waals surface area contributed by atoms with Crippen LogP contribution in [0.4, 0.5) is 0 Å². The first kappa shape index (κ1) is 22.0. The lowest BCUT2D eigenvalue weighted by Gasteiger charge is -2.19. The summed E-state index contributed by atoms with van der Waals surface area (Å²) in [6, 6.07) is 6.33. The topological polar surface area (TPSA) is 64.6 Å². The molecule has 0 radical (unpaired) electrons. The minimum absolute atomic E-state index is 0.0497. The summed E-state index contributed by atoms with van der Waals surface area (Å²) < 4.78 is 10.5. The Morgan fingerprint density at radius 3 is 2.19 bits per heavy atom. The first-order valence-corrected chi connectivity index (χ1v) is 9.61. The SMILES string of the molecule is CCCCCCCCOc1ccc(C(=O)NC(C(=O)OC)C(C)C)cc1. The minimum atomic E-state index is -0.656. The lowest BCUT2D eigenvalue weighted by molar-refractivity contribution is -0.144. The number of hydrogen-bond donors (Lipinski definition) is 1. The summed E-state index contributed by atoms with van der Waals surface area (Å²) in [5.41, 5.74) is 0.492. The van der Waals surface area contributed by atoms with E-state index in [1.807, 2.05) is 13.8 Å². The van der Waals surface area contributed by atoms with Crippen LogP contribution in [0.3, 0.4) is 0 Å². The Bertz CT molecular complexity index is 539. The predicted octanol–water partition coefficient (Wildman–Crippen LogP) is 4.35. The number of benzene rings is 1.